The second-order valence-electron chi connectivity index (χ2n) is 4.90. The molecule has 3 rings (SSSR count). The van der Waals surface area contributed by atoms with Crippen LogP contribution in [0.4, 0.5) is 0 Å². The quantitative estimate of drug-likeness (QED) is 0.768. The first-order chi connectivity index (χ1) is 10.4. The van der Waals surface area contributed by atoms with Crippen LogP contribution in [0.15, 0.2) is 41.6 Å². The third kappa shape index (κ3) is 4.15. The van der Waals surface area contributed by atoms with Crippen LogP contribution in [0, 0.1) is 0 Å². The first-order valence-corrected chi connectivity index (χ1v) is 8.12. The summed E-state index contributed by atoms with van der Waals surface area (Å²) in [7, 11) is 0. The number of thioether (sulfide) groups is 1. The van der Waals surface area contributed by atoms with Gasteiger partial charge in [0.05, 0.1) is 12.6 Å². The number of hydrogen-bond acceptors (Lipinski definition) is 5. The van der Waals surface area contributed by atoms with E-state index in [9.17, 15) is 0 Å². The molecule has 1 aromatic carbocycles. The highest BCUT2D eigenvalue weighted by molar-refractivity contribution is 7.99. The van der Waals surface area contributed by atoms with E-state index in [0.717, 1.165) is 36.9 Å². The zero-order valence-corrected chi connectivity index (χ0v) is 12.6. The molecule has 1 unspecified atom stereocenters. The first-order valence-electron chi connectivity index (χ1n) is 7.14. The Morgan fingerprint density at radius 3 is 3.05 bits per heavy atom. The van der Waals surface area contributed by atoms with Crippen LogP contribution in [0.5, 0.6) is 0 Å². The van der Waals surface area contributed by atoms with Crippen molar-refractivity contribution < 1.29 is 4.74 Å². The molecule has 2 heterocycles. The molecule has 1 aliphatic heterocycles. The lowest BCUT2D eigenvalue weighted by Gasteiger charge is -2.09. The molecule has 5 nitrogen and oxygen atoms in total. The molecular weight excluding hydrogens is 284 g/mol. The van der Waals surface area contributed by atoms with Crippen molar-refractivity contribution in [3.05, 3.63) is 42.0 Å². The molecule has 1 fully saturated rings. The van der Waals surface area contributed by atoms with Gasteiger partial charge in [-0.25, -0.2) is 4.68 Å². The molecule has 1 aromatic heterocycles. The highest BCUT2D eigenvalue weighted by atomic mass is 32.2. The molecule has 0 N–H and O–H groups in total. The van der Waals surface area contributed by atoms with E-state index in [1.165, 1.54) is 5.56 Å². The average molecular weight is 302 g/mol. The second-order valence-corrected chi connectivity index (χ2v) is 5.89. The molecule has 0 aliphatic carbocycles. The summed E-state index contributed by atoms with van der Waals surface area (Å²) in [5.74, 6) is 0.848. The molecule has 110 valence electrons. The lowest BCUT2D eigenvalue weighted by Crippen LogP contribution is -2.16. The third-order valence-corrected chi connectivity index (χ3v) is 4.23. The largest absolute Gasteiger partial charge is 0.376 e. The number of benzene rings is 1. The Morgan fingerprint density at radius 1 is 1.33 bits per heavy atom. The van der Waals surface area contributed by atoms with E-state index in [4.69, 9.17) is 4.74 Å². The molecule has 21 heavy (non-hydrogen) atoms. The maximum Gasteiger partial charge on any atom is 0.209 e. The minimum Gasteiger partial charge on any atom is -0.376 e. The van der Waals surface area contributed by atoms with Gasteiger partial charge in [0.2, 0.25) is 5.16 Å². The van der Waals surface area contributed by atoms with E-state index < -0.39 is 0 Å². The molecular formula is C15H18N4OS. The zero-order chi connectivity index (χ0) is 14.3. The summed E-state index contributed by atoms with van der Waals surface area (Å²) in [5, 5.41) is 12.7. The molecule has 1 aliphatic rings. The van der Waals surface area contributed by atoms with Crippen molar-refractivity contribution in [1.29, 1.82) is 0 Å². The Bertz CT molecular complexity index is 578. The van der Waals surface area contributed by atoms with Gasteiger partial charge in [-0.2, -0.15) is 0 Å². The van der Waals surface area contributed by atoms with Gasteiger partial charge in [-0.3, -0.25) is 0 Å². The summed E-state index contributed by atoms with van der Waals surface area (Å²) in [4.78, 5) is 0. The van der Waals surface area contributed by atoms with E-state index in [1.807, 2.05) is 22.9 Å². The summed E-state index contributed by atoms with van der Waals surface area (Å²) < 4.78 is 7.47. The van der Waals surface area contributed by atoms with E-state index in [1.54, 1.807) is 11.8 Å². The van der Waals surface area contributed by atoms with Crippen LogP contribution in [-0.2, 0) is 11.3 Å². The summed E-state index contributed by atoms with van der Waals surface area (Å²) in [5.41, 5.74) is 1.21. The number of aromatic nitrogens is 4. The number of ether oxygens (including phenoxy) is 1. The maximum atomic E-state index is 5.63. The number of nitrogens with zero attached hydrogens (tertiary/aromatic N) is 4. The van der Waals surface area contributed by atoms with E-state index >= 15 is 0 Å². The molecule has 1 atom stereocenters. The molecule has 0 saturated carbocycles. The normalized spacial score (nSPS) is 18.6. The number of tetrazole rings is 1. The van der Waals surface area contributed by atoms with Crippen LogP contribution < -0.4 is 0 Å². The van der Waals surface area contributed by atoms with Crippen molar-refractivity contribution in [2.75, 3.05) is 12.4 Å². The average Bonchev–Trinajstić information content (AvgIpc) is 3.18. The minimum atomic E-state index is 0.257. The predicted octanol–water partition coefficient (Wildman–Crippen LogP) is 2.66. The maximum absolute atomic E-state index is 5.63. The highest BCUT2D eigenvalue weighted by Crippen LogP contribution is 2.18. The van der Waals surface area contributed by atoms with Crippen molar-refractivity contribution >= 4 is 17.8 Å². The molecule has 0 radical (unpaired) electrons. The molecule has 0 bridgehead atoms. The van der Waals surface area contributed by atoms with Crippen molar-refractivity contribution in [2.45, 2.75) is 30.6 Å². The topological polar surface area (TPSA) is 52.8 Å². The van der Waals surface area contributed by atoms with Crippen LogP contribution in [0.1, 0.15) is 18.4 Å². The van der Waals surface area contributed by atoms with Gasteiger partial charge in [-0.05, 0) is 28.8 Å². The Balaban J connectivity index is 1.51. The standard InChI is InChI=1S/C15H18N4OS/c1-2-6-13(7-3-1)8-5-11-21-15-16-17-18-19(15)12-14-9-4-10-20-14/h1-3,5-8,14H,4,9-12H2. The van der Waals surface area contributed by atoms with E-state index in [-0.39, 0.29) is 6.10 Å². The third-order valence-electron chi connectivity index (χ3n) is 3.32. The lowest BCUT2D eigenvalue weighted by molar-refractivity contribution is 0.0912. The monoisotopic (exact) mass is 302 g/mol. The van der Waals surface area contributed by atoms with E-state index in [0.29, 0.717) is 0 Å². The zero-order valence-electron chi connectivity index (χ0n) is 11.8. The van der Waals surface area contributed by atoms with Gasteiger partial charge in [-0.15, -0.1) is 5.10 Å². The highest BCUT2D eigenvalue weighted by Gasteiger charge is 2.18. The van der Waals surface area contributed by atoms with Gasteiger partial charge < -0.3 is 4.74 Å². The fourth-order valence-electron chi connectivity index (χ4n) is 2.27. The van der Waals surface area contributed by atoms with Gasteiger partial charge in [-0.1, -0.05) is 54.2 Å². The minimum absolute atomic E-state index is 0.257. The summed E-state index contributed by atoms with van der Waals surface area (Å²) in [6, 6.07) is 10.3. The number of hydrogen-bond donors (Lipinski definition) is 0. The van der Waals surface area contributed by atoms with Gasteiger partial charge >= 0.3 is 0 Å². The molecule has 2 aromatic rings. The Hall–Kier alpha value is -1.66. The fraction of sp³-hybridized carbons (Fsp3) is 0.400. The van der Waals surface area contributed by atoms with Crippen LogP contribution >= 0.6 is 11.8 Å². The molecule has 1 saturated heterocycles. The van der Waals surface area contributed by atoms with Crippen LogP contribution in [0.25, 0.3) is 6.08 Å². The van der Waals surface area contributed by atoms with Gasteiger partial charge in [0, 0.05) is 12.4 Å². The van der Waals surface area contributed by atoms with Gasteiger partial charge in [0.25, 0.3) is 0 Å². The van der Waals surface area contributed by atoms with Crippen LogP contribution in [0.3, 0.4) is 0 Å². The summed E-state index contributed by atoms with van der Waals surface area (Å²) in [6.45, 7) is 1.60. The van der Waals surface area contributed by atoms with Gasteiger partial charge in [0.1, 0.15) is 0 Å². The lowest BCUT2D eigenvalue weighted by atomic mass is 10.2. The summed E-state index contributed by atoms with van der Waals surface area (Å²) >= 11 is 1.64. The van der Waals surface area contributed by atoms with Crippen molar-refractivity contribution in [3.8, 4) is 0 Å². The van der Waals surface area contributed by atoms with Gasteiger partial charge in [0.15, 0.2) is 0 Å². The Kier molecular flexibility index (Phi) is 5.02. The second kappa shape index (κ2) is 7.38. The fourth-order valence-corrected chi connectivity index (χ4v) is 2.96. The first kappa shape index (κ1) is 14.3. The molecule has 0 spiro atoms. The predicted molar refractivity (Wildman–Crippen MR) is 83.0 cm³/mol. The van der Waals surface area contributed by atoms with E-state index in [2.05, 4.69) is 39.8 Å². The summed E-state index contributed by atoms with van der Waals surface area (Å²) in [6.07, 6.45) is 6.73. The van der Waals surface area contributed by atoms with Crippen LogP contribution in [0.2, 0.25) is 0 Å². The smallest absolute Gasteiger partial charge is 0.209 e. The van der Waals surface area contributed by atoms with Crippen molar-refractivity contribution in [1.82, 2.24) is 20.2 Å². The molecule has 0 amide bonds. The molecule has 6 heteroatoms. The van der Waals surface area contributed by atoms with Crippen molar-refractivity contribution in [3.63, 3.8) is 0 Å². The van der Waals surface area contributed by atoms with Crippen LogP contribution in [-0.4, -0.2) is 38.7 Å². The number of rotatable bonds is 6. The van der Waals surface area contributed by atoms with Crippen molar-refractivity contribution in [2.24, 2.45) is 0 Å². The Labute approximate surface area is 128 Å². The Morgan fingerprint density at radius 2 is 2.24 bits per heavy atom. The SMILES string of the molecule is C(=Cc1ccccc1)CSc1nnnn1CC1CCCO1.